The SMILES string of the molecule is CCOC(=O)C(C)(Cc1ccc(Cl)cc1)C(O)c1ccc(C(C)C)cc1. The van der Waals surface area contributed by atoms with Gasteiger partial charge in [0.1, 0.15) is 0 Å². The highest BCUT2D eigenvalue weighted by atomic mass is 35.5. The zero-order chi connectivity index (χ0) is 19.3. The number of aliphatic hydroxyl groups is 1. The van der Waals surface area contributed by atoms with Gasteiger partial charge in [0.15, 0.2) is 0 Å². The zero-order valence-corrected chi connectivity index (χ0v) is 16.6. The molecule has 26 heavy (non-hydrogen) atoms. The standard InChI is InChI=1S/C22H27ClO3/c1-5-26-21(25)22(4,14-16-6-12-19(23)13-7-16)20(24)18-10-8-17(9-11-18)15(2)3/h6-13,15,20,24H,5,14H2,1-4H3. The summed E-state index contributed by atoms with van der Waals surface area (Å²) in [6.07, 6.45) is -0.616. The molecule has 0 heterocycles. The molecule has 0 bridgehead atoms. The van der Waals surface area contributed by atoms with Crippen LogP contribution in [0.3, 0.4) is 0 Å². The maximum Gasteiger partial charge on any atom is 0.315 e. The second kappa shape index (κ2) is 8.70. The quantitative estimate of drug-likeness (QED) is 0.668. The Morgan fingerprint density at radius 2 is 1.62 bits per heavy atom. The molecule has 2 aromatic rings. The number of benzene rings is 2. The molecule has 3 nitrogen and oxygen atoms in total. The fourth-order valence-electron chi connectivity index (χ4n) is 3.03. The van der Waals surface area contributed by atoms with Crippen molar-refractivity contribution in [1.29, 1.82) is 0 Å². The van der Waals surface area contributed by atoms with Crippen LogP contribution in [-0.4, -0.2) is 17.7 Å². The molecule has 2 aromatic carbocycles. The van der Waals surface area contributed by atoms with Gasteiger partial charge in [-0.25, -0.2) is 0 Å². The van der Waals surface area contributed by atoms with Crippen LogP contribution in [0.4, 0.5) is 0 Å². The van der Waals surface area contributed by atoms with E-state index in [2.05, 4.69) is 13.8 Å². The Morgan fingerprint density at radius 3 is 2.12 bits per heavy atom. The molecular formula is C22H27ClO3. The van der Waals surface area contributed by atoms with Crippen LogP contribution in [0.1, 0.15) is 56.4 Å². The zero-order valence-electron chi connectivity index (χ0n) is 15.8. The van der Waals surface area contributed by atoms with Crippen LogP contribution in [0.5, 0.6) is 0 Å². The Labute approximate surface area is 161 Å². The van der Waals surface area contributed by atoms with E-state index in [1.54, 1.807) is 26.0 Å². The normalized spacial score (nSPS) is 14.7. The van der Waals surface area contributed by atoms with Crippen molar-refractivity contribution in [1.82, 2.24) is 0 Å². The van der Waals surface area contributed by atoms with E-state index < -0.39 is 17.5 Å². The molecule has 0 saturated carbocycles. The van der Waals surface area contributed by atoms with Crippen LogP contribution in [-0.2, 0) is 16.0 Å². The van der Waals surface area contributed by atoms with Crippen LogP contribution in [0, 0.1) is 5.41 Å². The van der Waals surface area contributed by atoms with Gasteiger partial charge in [-0.15, -0.1) is 0 Å². The second-order valence-electron chi connectivity index (χ2n) is 7.17. The van der Waals surface area contributed by atoms with Crippen molar-refractivity contribution in [3.05, 3.63) is 70.2 Å². The van der Waals surface area contributed by atoms with Gasteiger partial charge in [-0.1, -0.05) is 61.8 Å². The highest BCUT2D eigenvalue weighted by Gasteiger charge is 2.43. The predicted octanol–water partition coefficient (Wildman–Crippen LogP) is 5.31. The van der Waals surface area contributed by atoms with Gasteiger partial charge in [-0.3, -0.25) is 4.79 Å². The monoisotopic (exact) mass is 374 g/mol. The van der Waals surface area contributed by atoms with Crippen LogP contribution in [0.2, 0.25) is 5.02 Å². The van der Waals surface area contributed by atoms with Crippen molar-refractivity contribution in [2.24, 2.45) is 5.41 Å². The number of carbonyl (C=O) groups is 1. The first-order chi connectivity index (χ1) is 12.3. The van der Waals surface area contributed by atoms with Crippen molar-refractivity contribution in [2.45, 2.75) is 46.1 Å². The number of rotatable bonds is 7. The third-order valence-electron chi connectivity index (χ3n) is 4.75. The third kappa shape index (κ3) is 4.66. The number of ether oxygens (including phenoxy) is 1. The first-order valence-corrected chi connectivity index (χ1v) is 9.35. The summed E-state index contributed by atoms with van der Waals surface area (Å²) in [5.74, 6) is 0.00193. The molecule has 2 unspecified atom stereocenters. The van der Waals surface area contributed by atoms with Gasteiger partial charge in [0, 0.05) is 5.02 Å². The van der Waals surface area contributed by atoms with Gasteiger partial charge >= 0.3 is 5.97 Å². The Kier molecular flexibility index (Phi) is 6.85. The Balaban J connectivity index is 2.35. The number of aliphatic hydroxyl groups excluding tert-OH is 1. The largest absolute Gasteiger partial charge is 0.465 e. The smallest absolute Gasteiger partial charge is 0.315 e. The van der Waals surface area contributed by atoms with E-state index >= 15 is 0 Å². The van der Waals surface area contributed by atoms with E-state index in [-0.39, 0.29) is 6.61 Å². The van der Waals surface area contributed by atoms with Crippen LogP contribution >= 0.6 is 11.6 Å². The lowest BCUT2D eigenvalue weighted by atomic mass is 9.75. The molecule has 0 fully saturated rings. The van der Waals surface area contributed by atoms with E-state index in [1.807, 2.05) is 36.4 Å². The summed E-state index contributed by atoms with van der Waals surface area (Å²) in [6, 6.07) is 15.1. The van der Waals surface area contributed by atoms with Crippen molar-refractivity contribution in [2.75, 3.05) is 6.61 Å². The van der Waals surface area contributed by atoms with Gasteiger partial charge < -0.3 is 9.84 Å². The average molecular weight is 375 g/mol. The molecule has 0 aliphatic carbocycles. The molecule has 0 amide bonds. The van der Waals surface area contributed by atoms with Crippen LogP contribution in [0.25, 0.3) is 0 Å². The minimum absolute atomic E-state index is 0.272. The average Bonchev–Trinajstić information content (AvgIpc) is 2.63. The fraction of sp³-hybridized carbons (Fsp3) is 0.409. The minimum atomic E-state index is -1.09. The molecule has 2 rings (SSSR count). The summed E-state index contributed by atoms with van der Waals surface area (Å²) in [7, 11) is 0. The van der Waals surface area contributed by atoms with Crippen molar-refractivity contribution < 1.29 is 14.6 Å². The van der Waals surface area contributed by atoms with Crippen molar-refractivity contribution in [3.63, 3.8) is 0 Å². The van der Waals surface area contributed by atoms with E-state index in [9.17, 15) is 9.90 Å². The van der Waals surface area contributed by atoms with Crippen molar-refractivity contribution in [3.8, 4) is 0 Å². The van der Waals surface area contributed by atoms with Crippen LogP contribution in [0.15, 0.2) is 48.5 Å². The first kappa shape index (κ1) is 20.5. The molecule has 0 spiro atoms. The summed E-state index contributed by atoms with van der Waals surface area (Å²) in [6.45, 7) is 8.03. The highest BCUT2D eigenvalue weighted by Crippen LogP contribution is 2.39. The number of hydrogen-bond donors (Lipinski definition) is 1. The summed E-state index contributed by atoms with van der Waals surface area (Å²) in [5.41, 5.74) is 1.72. The lowest BCUT2D eigenvalue weighted by Crippen LogP contribution is -2.38. The number of esters is 1. The molecule has 2 atom stereocenters. The lowest BCUT2D eigenvalue weighted by Gasteiger charge is -2.32. The highest BCUT2D eigenvalue weighted by molar-refractivity contribution is 6.30. The van der Waals surface area contributed by atoms with Gasteiger partial charge in [0.05, 0.1) is 18.1 Å². The lowest BCUT2D eigenvalue weighted by molar-refractivity contribution is -0.162. The predicted molar refractivity (Wildman–Crippen MR) is 105 cm³/mol. The van der Waals surface area contributed by atoms with Crippen LogP contribution < -0.4 is 0 Å². The summed E-state index contributed by atoms with van der Waals surface area (Å²) >= 11 is 5.95. The summed E-state index contributed by atoms with van der Waals surface area (Å²) in [5, 5.41) is 11.7. The molecule has 0 aliphatic heterocycles. The van der Waals surface area contributed by atoms with Gasteiger partial charge in [0.2, 0.25) is 0 Å². The fourth-order valence-corrected chi connectivity index (χ4v) is 3.16. The maximum atomic E-state index is 12.7. The minimum Gasteiger partial charge on any atom is -0.465 e. The Hall–Kier alpha value is -1.84. The summed E-state index contributed by atoms with van der Waals surface area (Å²) in [4.78, 5) is 12.7. The maximum absolute atomic E-state index is 12.7. The van der Waals surface area contributed by atoms with Crippen molar-refractivity contribution >= 4 is 17.6 Å². The first-order valence-electron chi connectivity index (χ1n) is 8.97. The molecule has 0 saturated heterocycles. The number of halogens is 1. The molecule has 4 heteroatoms. The Bertz CT molecular complexity index is 722. The van der Waals surface area contributed by atoms with Gasteiger partial charge in [0.25, 0.3) is 0 Å². The summed E-state index contributed by atoms with van der Waals surface area (Å²) < 4.78 is 5.28. The Morgan fingerprint density at radius 1 is 1.08 bits per heavy atom. The molecule has 140 valence electrons. The second-order valence-corrected chi connectivity index (χ2v) is 7.60. The van der Waals surface area contributed by atoms with E-state index in [1.165, 1.54) is 5.56 Å². The molecule has 1 N–H and O–H groups in total. The molecule has 0 aliphatic rings. The molecule has 0 aromatic heterocycles. The van der Waals surface area contributed by atoms with E-state index in [0.29, 0.717) is 22.9 Å². The van der Waals surface area contributed by atoms with E-state index in [4.69, 9.17) is 16.3 Å². The number of carbonyl (C=O) groups excluding carboxylic acids is 1. The van der Waals surface area contributed by atoms with E-state index in [0.717, 1.165) is 5.56 Å². The molecule has 0 radical (unpaired) electrons. The van der Waals surface area contributed by atoms with Gasteiger partial charge in [-0.05, 0) is 55.0 Å². The number of hydrogen-bond acceptors (Lipinski definition) is 3. The topological polar surface area (TPSA) is 46.5 Å². The molecular weight excluding hydrogens is 348 g/mol. The van der Waals surface area contributed by atoms with Gasteiger partial charge in [-0.2, -0.15) is 0 Å². The third-order valence-corrected chi connectivity index (χ3v) is 5.00.